The van der Waals surface area contributed by atoms with Crippen molar-refractivity contribution >= 4 is 11.7 Å². The molecule has 20 heavy (non-hydrogen) atoms. The highest BCUT2D eigenvalue weighted by molar-refractivity contribution is 6.99. The molecule has 0 aliphatic heterocycles. The topological polar surface area (TPSA) is 76.5 Å². The molecule has 1 aromatic rings. The van der Waals surface area contributed by atoms with Gasteiger partial charge in [-0.3, -0.25) is 0 Å². The zero-order valence-corrected chi connectivity index (χ0v) is 12.5. The second-order valence-electron chi connectivity index (χ2n) is 5.05. The lowest BCUT2D eigenvalue weighted by atomic mass is 9.98. The summed E-state index contributed by atoms with van der Waals surface area (Å²) in [5.41, 5.74) is 0. The standard InChI is InChI=1S/C13H23N3O3S/c17-11(10-19-13-9-15-20-16-13)8-14-6-7-18-12-4-2-1-3-5-12/h9,11-12,14,17H,1-8,10H2. The maximum atomic E-state index is 9.72. The van der Waals surface area contributed by atoms with Gasteiger partial charge in [-0.1, -0.05) is 19.3 Å². The summed E-state index contributed by atoms with van der Waals surface area (Å²) in [7, 11) is 0. The molecule has 0 spiro atoms. The highest BCUT2D eigenvalue weighted by atomic mass is 32.1. The van der Waals surface area contributed by atoms with Gasteiger partial charge in [-0.05, 0) is 12.8 Å². The van der Waals surface area contributed by atoms with E-state index in [-0.39, 0.29) is 6.61 Å². The summed E-state index contributed by atoms with van der Waals surface area (Å²) in [6.45, 7) is 2.17. The Morgan fingerprint density at radius 3 is 3.00 bits per heavy atom. The van der Waals surface area contributed by atoms with Crippen LogP contribution in [0.15, 0.2) is 6.20 Å². The van der Waals surface area contributed by atoms with Crippen LogP contribution in [0.3, 0.4) is 0 Å². The van der Waals surface area contributed by atoms with Gasteiger partial charge in [0, 0.05) is 13.1 Å². The zero-order chi connectivity index (χ0) is 14.0. The zero-order valence-electron chi connectivity index (χ0n) is 11.7. The molecular formula is C13H23N3O3S. The molecule has 1 unspecified atom stereocenters. The Kier molecular flexibility index (Phi) is 7.21. The van der Waals surface area contributed by atoms with Gasteiger partial charge in [-0.15, -0.1) is 4.37 Å². The Bertz CT molecular complexity index is 345. The van der Waals surface area contributed by atoms with Crippen LogP contribution in [0.25, 0.3) is 0 Å². The van der Waals surface area contributed by atoms with Crippen LogP contribution in [0.4, 0.5) is 0 Å². The molecule has 0 aromatic carbocycles. The van der Waals surface area contributed by atoms with Gasteiger partial charge >= 0.3 is 0 Å². The minimum Gasteiger partial charge on any atom is -0.473 e. The molecule has 0 amide bonds. The normalized spacial score (nSPS) is 18.1. The van der Waals surface area contributed by atoms with Crippen molar-refractivity contribution in [2.45, 2.75) is 44.3 Å². The number of aromatic nitrogens is 2. The predicted molar refractivity (Wildman–Crippen MR) is 77.1 cm³/mol. The van der Waals surface area contributed by atoms with Gasteiger partial charge in [0.2, 0.25) is 5.88 Å². The largest absolute Gasteiger partial charge is 0.473 e. The third-order valence-corrected chi connectivity index (χ3v) is 3.79. The minimum absolute atomic E-state index is 0.224. The fourth-order valence-corrected chi connectivity index (χ4v) is 2.62. The van der Waals surface area contributed by atoms with Gasteiger partial charge in [-0.2, -0.15) is 4.37 Å². The number of hydrogen-bond donors (Lipinski definition) is 2. The van der Waals surface area contributed by atoms with E-state index in [0.29, 0.717) is 25.1 Å². The molecule has 1 heterocycles. The monoisotopic (exact) mass is 301 g/mol. The van der Waals surface area contributed by atoms with Crippen LogP contribution in [0.1, 0.15) is 32.1 Å². The van der Waals surface area contributed by atoms with E-state index in [0.717, 1.165) is 18.3 Å². The summed E-state index contributed by atoms with van der Waals surface area (Å²) in [6.07, 6.45) is 7.75. The van der Waals surface area contributed by atoms with E-state index in [2.05, 4.69) is 14.1 Å². The van der Waals surface area contributed by atoms with Crippen LogP contribution in [0.2, 0.25) is 0 Å². The van der Waals surface area contributed by atoms with E-state index in [1.807, 2.05) is 0 Å². The van der Waals surface area contributed by atoms with Crippen molar-refractivity contribution < 1.29 is 14.6 Å². The molecular weight excluding hydrogens is 278 g/mol. The molecule has 1 aliphatic carbocycles. The Hall–Kier alpha value is -0.760. The van der Waals surface area contributed by atoms with Gasteiger partial charge in [0.15, 0.2) is 0 Å². The van der Waals surface area contributed by atoms with Crippen molar-refractivity contribution in [1.82, 2.24) is 14.1 Å². The number of nitrogens with one attached hydrogen (secondary N) is 1. The van der Waals surface area contributed by atoms with E-state index in [1.165, 1.54) is 32.1 Å². The molecule has 1 atom stereocenters. The lowest BCUT2D eigenvalue weighted by molar-refractivity contribution is 0.0283. The van der Waals surface area contributed by atoms with Gasteiger partial charge in [0.25, 0.3) is 0 Å². The van der Waals surface area contributed by atoms with E-state index in [1.54, 1.807) is 6.20 Å². The fourth-order valence-electron chi connectivity index (χ4n) is 2.26. The van der Waals surface area contributed by atoms with Gasteiger partial charge in [0.05, 0.1) is 24.4 Å². The van der Waals surface area contributed by atoms with Crippen LogP contribution in [-0.2, 0) is 4.74 Å². The van der Waals surface area contributed by atoms with E-state index >= 15 is 0 Å². The molecule has 6 nitrogen and oxygen atoms in total. The maximum absolute atomic E-state index is 9.72. The van der Waals surface area contributed by atoms with Crippen LogP contribution in [-0.4, -0.2) is 52.4 Å². The predicted octanol–water partition coefficient (Wildman–Crippen LogP) is 1.22. The summed E-state index contributed by atoms with van der Waals surface area (Å²) < 4.78 is 18.8. The average molecular weight is 301 g/mol. The van der Waals surface area contributed by atoms with Crippen LogP contribution < -0.4 is 10.1 Å². The van der Waals surface area contributed by atoms with Crippen molar-refractivity contribution in [3.63, 3.8) is 0 Å². The summed E-state index contributed by atoms with van der Waals surface area (Å²) in [5.74, 6) is 0.467. The molecule has 0 bridgehead atoms. The lowest BCUT2D eigenvalue weighted by Gasteiger charge is -2.22. The number of hydrogen-bond acceptors (Lipinski definition) is 7. The average Bonchev–Trinajstić information content (AvgIpc) is 2.99. The first kappa shape index (κ1) is 15.6. The molecule has 2 N–H and O–H groups in total. The SMILES string of the molecule is OC(CNCCOC1CCCCC1)COc1cnsn1. The number of nitrogens with zero attached hydrogens (tertiary/aromatic N) is 2. The quantitative estimate of drug-likeness (QED) is 0.668. The second-order valence-corrected chi connectivity index (χ2v) is 5.60. The number of rotatable bonds is 9. The minimum atomic E-state index is -0.550. The van der Waals surface area contributed by atoms with Crippen molar-refractivity contribution in [2.75, 3.05) is 26.3 Å². The molecule has 0 radical (unpaired) electrons. The molecule has 2 rings (SSSR count). The fraction of sp³-hybridized carbons (Fsp3) is 0.846. The summed E-state index contributed by atoms with van der Waals surface area (Å²) >= 11 is 1.09. The van der Waals surface area contributed by atoms with Gasteiger partial charge < -0.3 is 19.9 Å². The number of ether oxygens (including phenoxy) is 2. The van der Waals surface area contributed by atoms with E-state index in [9.17, 15) is 5.11 Å². The molecule has 114 valence electrons. The van der Waals surface area contributed by atoms with Crippen molar-refractivity contribution in [3.8, 4) is 5.88 Å². The molecule has 7 heteroatoms. The molecule has 1 aromatic heterocycles. The first-order valence-electron chi connectivity index (χ1n) is 7.25. The Morgan fingerprint density at radius 2 is 2.25 bits per heavy atom. The van der Waals surface area contributed by atoms with Gasteiger partial charge in [-0.25, -0.2) is 0 Å². The van der Waals surface area contributed by atoms with Crippen molar-refractivity contribution in [1.29, 1.82) is 0 Å². The Balaban J connectivity index is 1.43. The second kappa shape index (κ2) is 9.23. The third-order valence-electron chi connectivity index (χ3n) is 3.33. The molecule has 1 saturated carbocycles. The molecule has 1 fully saturated rings. The summed E-state index contributed by atoms with van der Waals surface area (Å²) in [6, 6.07) is 0. The highest BCUT2D eigenvalue weighted by Gasteiger charge is 2.13. The van der Waals surface area contributed by atoms with E-state index < -0.39 is 6.10 Å². The summed E-state index contributed by atoms with van der Waals surface area (Å²) in [4.78, 5) is 0. The Morgan fingerprint density at radius 1 is 1.40 bits per heavy atom. The van der Waals surface area contributed by atoms with Gasteiger partial charge in [0.1, 0.15) is 18.9 Å². The third kappa shape index (κ3) is 6.13. The highest BCUT2D eigenvalue weighted by Crippen LogP contribution is 2.19. The van der Waals surface area contributed by atoms with Crippen LogP contribution in [0, 0.1) is 0 Å². The lowest BCUT2D eigenvalue weighted by Crippen LogP contribution is -2.34. The van der Waals surface area contributed by atoms with E-state index in [4.69, 9.17) is 9.47 Å². The molecule has 1 aliphatic rings. The first-order valence-corrected chi connectivity index (χ1v) is 7.98. The smallest absolute Gasteiger partial charge is 0.245 e. The first-order chi connectivity index (χ1) is 9.84. The van der Waals surface area contributed by atoms with Crippen molar-refractivity contribution in [2.24, 2.45) is 0 Å². The molecule has 0 saturated heterocycles. The van der Waals surface area contributed by atoms with Crippen LogP contribution >= 0.6 is 11.7 Å². The van der Waals surface area contributed by atoms with Crippen LogP contribution in [0.5, 0.6) is 5.88 Å². The number of aliphatic hydroxyl groups excluding tert-OH is 1. The van der Waals surface area contributed by atoms with Crippen molar-refractivity contribution in [3.05, 3.63) is 6.20 Å². The maximum Gasteiger partial charge on any atom is 0.245 e. The summed E-state index contributed by atoms with van der Waals surface area (Å²) in [5, 5.41) is 12.9. The number of aliphatic hydroxyl groups is 1. The Labute approximate surface area is 123 Å².